The third-order valence-electron chi connectivity index (χ3n) is 0.904. The zero-order valence-corrected chi connectivity index (χ0v) is 7.10. The molecule has 0 nitrogen and oxygen atoms in total. The largest absolute Gasteiger partial charge is 0.147 e. The molecule has 0 fully saturated rings. The van der Waals surface area contributed by atoms with E-state index in [0.717, 1.165) is 22.7 Å². The SMILES string of the molecule is CCC/C(S)=C(\C)S. The molecule has 0 aliphatic carbocycles. The van der Waals surface area contributed by atoms with E-state index in [4.69, 9.17) is 0 Å². The van der Waals surface area contributed by atoms with Crippen molar-refractivity contribution in [3.05, 3.63) is 9.81 Å². The second-order valence-electron chi connectivity index (χ2n) is 1.78. The van der Waals surface area contributed by atoms with Crippen molar-refractivity contribution in [3.8, 4) is 0 Å². The van der Waals surface area contributed by atoms with Crippen LogP contribution in [0.4, 0.5) is 0 Å². The summed E-state index contributed by atoms with van der Waals surface area (Å²) in [6.45, 7) is 4.09. The molecule has 0 saturated carbocycles. The van der Waals surface area contributed by atoms with Crippen LogP contribution in [0.5, 0.6) is 0 Å². The predicted octanol–water partition coefficient (Wildman–Crippen LogP) is 2.88. The molecular weight excluding hydrogens is 136 g/mol. The summed E-state index contributed by atoms with van der Waals surface area (Å²) >= 11 is 8.34. The molecule has 0 rings (SSSR count). The lowest BCUT2D eigenvalue weighted by Gasteiger charge is -1.96. The standard InChI is InChI=1S/C6H12S2/c1-3-4-6(8)5(2)7/h7-8H,3-4H2,1-2H3/b6-5-. The van der Waals surface area contributed by atoms with Crippen LogP contribution in [0.3, 0.4) is 0 Å². The molecule has 0 amide bonds. The molecule has 2 heteroatoms. The van der Waals surface area contributed by atoms with Crippen LogP contribution in [0.15, 0.2) is 9.81 Å². The number of rotatable bonds is 2. The highest BCUT2D eigenvalue weighted by molar-refractivity contribution is 7.88. The van der Waals surface area contributed by atoms with Crippen molar-refractivity contribution in [2.45, 2.75) is 26.7 Å². The summed E-state index contributed by atoms with van der Waals surface area (Å²) in [7, 11) is 0. The van der Waals surface area contributed by atoms with Crippen molar-refractivity contribution in [1.29, 1.82) is 0 Å². The Labute approximate surface area is 62.2 Å². The van der Waals surface area contributed by atoms with Gasteiger partial charge in [0.2, 0.25) is 0 Å². The van der Waals surface area contributed by atoms with Crippen molar-refractivity contribution in [3.63, 3.8) is 0 Å². The van der Waals surface area contributed by atoms with Crippen molar-refractivity contribution in [2.75, 3.05) is 0 Å². The quantitative estimate of drug-likeness (QED) is 0.553. The van der Waals surface area contributed by atoms with E-state index in [2.05, 4.69) is 32.2 Å². The predicted molar refractivity (Wildman–Crippen MR) is 45.6 cm³/mol. The smallest absolute Gasteiger partial charge is 0.00946 e. The van der Waals surface area contributed by atoms with E-state index < -0.39 is 0 Å². The minimum Gasteiger partial charge on any atom is -0.147 e. The van der Waals surface area contributed by atoms with Gasteiger partial charge in [0.15, 0.2) is 0 Å². The van der Waals surface area contributed by atoms with Gasteiger partial charge in [-0.1, -0.05) is 13.3 Å². The Morgan fingerprint density at radius 1 is 1.38 bits per heavy atom. The molecule has 0 aromatic carbocycles. The molecule has 0 heterocycles. The van der Waals surface area contributed by atoms with E-state index in [1.54, 1.807) is 0 Å². The van der Waals surface area contributed by atoms with Crippen LogP contribution in [0, 0.1) is 0 Å². The van der Waals surface area contributed by atoms with E-state index >= 15 is 0 Å². The van der Waals surface area contributed by atoms with Gasteiger partial charge in [-0.15, -0.1) is 25.3 Å². The summed E-state index contributed by atoms with van der Waals surface area (Å²) in [4.78, 5) is 2.14. The van der Waals surface area contributed by atoms with Crippen molar-refractivity contribution in [1.82, 2.24) is 0 Å². The molecule has 48 valence electrons. The minimum atomic E-state index is 1.04. The van der Waals surface area contributed by atoms with Crippen molar-refractivity contribution < 1.29 is 0 Å². The maximum absolute atomic E-state index is 4.21. The van der Waals surface area contributed by atoms with Gasteiger partial charge in [-0.2, -0.15) is 0 Å². The monoisotopic (exact) mass is 148 g/mol. The Kier molecular flexibility index (Phi) is 4.57. The summed E-state index contributed by atoms with van der Waals surface area (Å²) in [5.41, 5.74) is 0. The van der Waals surface area contributed by atoms with Gasteiger partial charge in [0, 0.05) is 0 Å². The molecule has 0 radical (unpaired) electrons. The summed E-state index contributed by atoms with van der Waals surface area (Å²) in [6, 6.07) is 0. The van der Waals surface area contributed by atoms with Gasteiger partial charge in [0.05, 0.1) is 0 Å². The first-order valence-electron chi connectivity index (χ1n) is 2.76. The van der Waals surface area contributed by atoms with Crippen LogP contribution in [-0.2, 0) is 0 Å². The lowest BCUT2D eigenvalue weighted by molar-refractivity contribution is 0.945. The van der Waals surface area contributed by atoms with Gasteiger partial charge in [-0.25, -0.2) is 0 Å². The summed E-state index contributed by atoms with van der Waals surface area (Å²) < 4.78 is 0. The van der Waals surface area contributed by atoms with Crippen molar-refractivity contribution in [2.24, 2.45) is 0 Å². The van der Waals surface area contributed by atoms with Crippen molar-refractivity contribution >= 4 is 25.3 Å². The molecule has 0 spiro atoms. The highest BCUT2D eigenvalue weighted by atomic mass is 32.1. The summed E-state index contributed by atoms with van der Waals surface area (Å²) in [5.74, 6) is 0. The number of allylic oxidation sites excluding steroid dienone is 2. The van der Waals surface area contributed by atoms with E-state index in [0.29, 0.717) is 0 Å². The van der Waals surface area contributed by atoms with Crippen LogP contribution < -0.4 is 0 Å². The lowest BCUT2D eigenvalue weighted by atomic mass is 10.3. The Bertz CT molecular complexity index is 90.7. The molecule has 0 aliphatic heterocycles. The second-order valence-corrected chi connectivity index (χ2v) is 2.99. The van der Waals surface area contributed by atoms with E-state index in [-0.39, 0.29) is 0 Å². The average molecular weight is 148 g/mol. The molecular formula is C6H12S2. The van der Waals surface area contributed by atoms with Crippen LogP contribution in [0.2, 0.25) is 0 Å². The van der Waals surface area contributed by atoms with E-state index in [9.17, 15) is 0 Å². The Morgan fingerprint density at radius 2 is 1.88 bits per heavy atom. The molecule has 0 unspecified atom stereocenters. The van der Waals surface area contributed by atoms with Gasteiger partial charge in [-0.3, -0.25) is 0 Å². The molecule has 0 aromatic heterocycles. The Morgan fingerprint density at radius 3 is 2.00 bits per heavy atom. The molecule has 8 heavy (non-hydrogen) atoms. The highest BCUT2D eigenvalue weighted by Crippen LogP contribution is 2.16. The summed E-state index contributed by atoms with van der Waals surface area (Å²) in [5, 5.41) is 0. The molecule has 0 bridgehead atoms. The van der Waals surface area contributed by atoms with Gasteiger partial charge in [-0.05, 0) is 23.2 Å². The number of hydrogen-bond acceptors (Lipinski definition) is 2. The fourth-order valence-corrected chi connectivity index (χ4v) is 0.753. The summed E-state index contributed by atoms with van der Waals surface area (Å²) in [6.07, 6.45) is 2.20. The third-order valence-corrected chi connectivity index (χ3v) is 1.91. The number of hydrogen-bond donors (Lipinski definition) is 2. The average Bonchev–Trinajstić information content (AvgIpc) is 1.67. The maximum atomic E-state index is 4.21. The number of thiol groups is 2. The highest BCUT2D eigenvalue weighted by Gasteiger charge is 1.89. The molecule has 0 atom stereocenters. The zero-order chi connectivity index (χ0) is 6.57. The van der Waals surface area contributed by atoms with Gasteiger partial charge >= 0.3 is 0 Å². The maximum Gasteiger partial charge on any atom is -0.00946 e. The lowest BCUT2D eigenvalue weighted by Crippen LogP contribution is -1.72. The first kappa shape index (κ1) is 8.44. The Hall–Kier alpha value is 0.440. The van der Waals surface area contributed by atoms with Crippen LogP contribution >= 0.6 is 25.3 Å². The molecule has 0 saturated heterocycles. The van der Waals surface area contributed by atoms with Gasteiger partial charge in [0.1, 0.15) is 0 Å². The first-order chi connectivity index (χ1) is 3.68. The molecule has 0 N–H and O–H groups in total. The van der Waals surface area contributed by atoms with Crippen LogP contribution in [0.1, 0.15) is 26.7 Å². The third kappa shape index (κ3) is 3.44. The normalized spacial score (nSPS) is 13.5. The zero-order valence-electron chi connectivity index (χ0n) is 5.31. The molecule has 0 aromatic rings. The van der Waals surface area contributed by atoms with E-state index in [1.165, 1.54) is 0 Å². The van der Waals surface area contributed by atoms with Gasteiger partial charge < -0.3 is 0 Å². The van der Waals surface area contributed by atoms with Gasteiger partial charge in [0.25, 0.3) is 0 Å². The van der Waals surface area contributed by atoms with Crippen LogP contribution in [-0.4, -0.2) is 0 Å². The van der Waals surface area contributed by atoms with Crippen LogP contribution in [0.25, 0.3) is 0 Å². The first-order valence-corrected chi connectivity index (χ1v) is 3.65. The Balaban J connectivity index is 3.62. The molecule has 0 aliphatic rings. The fraction of sp³-hybridized carbons (Fsp3) is 0.667. The minimum absolute atomic E-state index is 1.04. The van der Waals surface area contributed by atoms with E-state index in [1.807, 2.05) is 6.92 Å². The topological polar surface area (TPSA) is 0 Å². The fourth-order valence-electron chi connectivity index (χ4n) is 0.418. The second kappa shape index (κ2) is 4.33.